The predicted molar refractivity (Wildman–Crippen MR) is 99.0 cm³/mol. The molecule has 0 aliphatic carbocycles. The number of hydrogen-bond donors (Lipinski definition) is 2. The molecule has 0 saturated carbocycles. The lowest BCUT2D eigenvalue weighted by Gasteiger charge is -2.22. The third-order valence-corrected chi connectivity index (χ3v) is 4.21. The summed E-state index contributed by atoms with van der Waals surface area (Å²) in [5, 5.41) is 9.31. The number of aryl methyl sites for hydroxylation is 1. The molecule has 3 N–H and O–H groups in total. The van der Waals surface area contributed by atoms with Crippen LogP contribution in [0.5, 0.6) is 11.5 Å². The zero-order valence-corrected chi connectivity index (χ0v) is 17.0. The fourth-order valence-corrected chi connectivity index (χ4v) is 2.46. The van der Waals surface area contributed by atoms with Crippen LogP contribution in [0.4, 0.5) is 22.0 Å². The van der Waals surface area contributed by atoms with Crippen LogP contribution in [-0.2, 0) is 6.42 Å². The van der Waals surface area contributed by atoms with Gasteiger partial charge in [0.25, 0.3) is 0 Å². The molecule has 0 aliphatic heterocycles. The Kier molecular flexibility index (Phi) is 10.3. The number of aliphatic hydroxyl groups is 1. The lowest BCUT2D eigenvalue weighted by molar-refractivity contribution is -0.284. The minimum Gasteiger partial charge on any atom is -0.493 e. The summed E-state index contributed by atoms with van der Waals surface area (Å²) >= 11 is 6.12. The van der Waals surface area contributed by atoms with E-state index in [1.165, 1.54) is 7.11 Å². The lowest BCUT2D eigenvalue weighted by atomic mass is 9.95. The highest BCUT2D eigenvalue weighted by molar-refractivity contribution is 6.32. The van der Waals surface area contributed by atoms with Crippen molar-refractivity contribution in [3.05, 3.63) is 22.7 Å². The Bertz CT molecular complexity index is 628. The van der Waals surface area contributed by atoms with Crippen molar-refractivity contribution in [3.63, 3.8) is 0 Å². The summed E-state index contributed by atoms with van der Waals surface area (Å²) < 4.78 is 72.6. The molecular weight excluding hydrogens is 432 g/mol. The second-order valence-electron chi connectivity index (χ2n) is 6.58. The molecule has 0 aromatic heterocycles. The smallest absolute Gasteiger partial charge is 0.453 e. The third-order valence-electron chi connectivity index (χ3n) is 3.93. The quantitative estimate of drug-likeness (QED) is 0.394. The van der Waals surface area contributed by atoms with E-state index in [0.717, 1.165) is 5.56 Å². The second kappa shape index (κ2) is 10.7. The fourth-order valence-electron chi connectivity index (χ4n) is 2.18. The maximum Gasteiger partial charge on any atom is 0.453 e. The number of alkyl halides is 5. The van der Waals surface area contributed by atoms with Gasteiger partial charge in [-0.1, -0.05) is 11.6 Å². The first kappa shape index (κ1) is 27.0. The summed E-state index contributed by atoms with van der Waals surface area (Å²) in [6, 6.07) is 3.18. The van der Waals surface area contributed by atoms with E-state index in [-0.39, 0.29) is 42.1 Å². The molecule has 0 aliphatic rings. The molecule has 0 bridgehead atoms. The SMILES string of the molecule is COc1cc(CCC(C)(N)CO)cc(Cl)c1OCCCC(F)(F)C(F)(F)F.Cl. The number of nitrogens with two attached hydrogens (primary N) is 1. The molecule has 1 rings (SSSR count). The van der Waals surface area contributed by atoms with Crippen molar-refractivity contribution >= 4 is 24.0 Å². The van der Waals surface area contributed by atoms with Crippen molar-refractivity contribution in [2.45, 2.75) is 50.2 Å². The van der Waals surface area contributed by atoms with Crippen molar-refractivity contribution in [3.8, 4) is 11.5 Å². The van der Waals surface area contributed by atoms with E-state index in [9.17, 15) is 27.1 Å². The molecule has 28 heavy (non-hydrogen) atoms. The van der Waals surface area contributed by atoms with Crippen LogP contribution >= 0.6 is 24.0 Å². The zero-order chi connectivity index (χ0) is 20.9. The van der Waals surface area contributed by atoms with Crippen molar-refractivity contribution in [1.29, 1.82) is 0 Å². The van der Waals surface area contributed by atoms with E-state index in [1.54, 1.807) is 19.1 Å². The Hall–Kier alpha value is -1.03. The van der Waals surface area contributed by atoms with E-state index >= 15 is 0 Å². The van der Waals surface area contributed by atoms with Gasteiger partial charge < -0.3 is 20.3 Å². The molecule has 0 radical (unpaired) electrons. The van der Waals surface area contributed by atoms with Crippen molar-refractivity contribution < 1.29 is 36.5 Å². The fraction of sp³-hybridized carbons (Fsp3) is 0.647. The molecule has 1 unspecified atom stereocenters. The van der Waals surface area contributed by atoms with Crippen LogP contribution in [0.1, 0.15) is 31.7 Å². The minimum absolute atomic E-state index is 0. The van der Waals surface area contributed by atoms with Crippen molar-refractivity contribution in [2.75, 3.05) is 20.3 Å². The molecule has 0 saturated heterocycles. The predicted octanol–water partition coefficient (Wildman–Crippen LogP) is 4.77. The van der Waals surface area contributed by atoms with Gasteiger partial charge in [-0.15, -0.1) is 12.4 Å². The third kappa shape index (κ3) is 7.77. The van der Waals surface area contributed by atoms with Gasteiger partial charge in [0.1, 0.15) is 0 Å². The van der Waals surface area contributed by atoms with Crippen LogP contribution in [0.15, 0.2) is 12.1 Å². The molecule has 0 heterocycles. The number of aliphatic hydroxyl groups excluding tert-OH is 1. The van der Waals surface area contributed by atoms with E-state index < -0.39 is 30.5 Å². The molecule has 1 aromatic carbocycles. The molecule has 0 fully saturated rings. The monoisotopic (exact) mass is 455 g/mol. The maximum atomic E-state index is 12.9. The van der Waals surface area contributed by atoms with Gasteiger partial charge in [-0.25, -0.2) is 0 Å². The van der Waals surface area contributed by atoms with Crippen LogP contribution in [0.25, 0.3) is 0 Å². The molecule has 1 atom stereocenters. The standard InChI is InChI=1S/C17H23ClF5NO3.ClH/c1-15(24,10-25)6-4-11-8-12(18)14(13(9-11)26-2)27-7-3-5-16(19,20)17(21,22)23;/h8-9,25H,3-7,10,24H2,1-2H3;1H. The number of halogens is 7. The summed E-state index contributed by atoms with van der Waals surface area (Å²) in [6.07, 6.45) is -6.53. The van der Waals surface area contributed by atoms with Crippen LogP contribution in [0, 0.1) is 0 Å². The molecular formula is C17H24Cl2F5NO3. The largest absolute Gasteiger partial charge is 0.493 e. The number of methoxy groups -OCH3 is 1. The summed E-state index contributed by atoms with van der Waals surface area (Å²) in [6.45, 7) is 1.12. The molecule has 1 aromatic rings. The normalized spacial score (nSPS) is 14.2. The van der Waals surface area contributed by atoms with Gasteiger partial charge in [0.2, 0.25) is 0 Å². The number of hydrogen-bond acceptors (Lipinski definition) is 4. The Morgan fingerprint density at radius 2 is 1.75 bits per heavy atom. The van der Waals surface area contributed by atoms with Gasteiger partial charge in [0, 0.05) is 12.0 Å². The minimum atomic E-state index is -5.59. The van der Waals surface area contributed by atoms with Gasteiger partial charge in [-0.2, -0.15) is 22.0 Å². The highest BCUT2D eigenvalue weighted by Gasteiger charge is 2.56. The highest BCUT2D eigenvalue weighted by Crippen LogP contribution is 2.40. The van der Waals surface area contributed by atoms with Gasteiger partial charge in [0.15, 0.2) is 11.5 Å². The van der Waals surface area contributed by atoms with Gasteiger partial charge in [-0.3, -0.25) is 0 Å². The summed E-state index contributed by atoms with van der Waals surface area (Å²) in [5.41, 5.74) is 5.85. The van der Waals surface area contributed by atoms with Crippen molar-refractivity contribution in [2.24, 2.45) is 5.73 Å². The van der Waals surface area contributed by atoms with Crippen LogP contribution in [-0.4, -0.2) is 43.1 Å². The summed E-state index contributed by atoms with van der Waals surface area (Å²) in [4.78, 5) is 0. The zero-order valence-electron chi connectivity index (χ0n) is 15.4. The molecule has 0 spiro atoms. The lowest BCUT2D eigenvalue weighted by Crippen LogP contribution is -2.40. The van der Waals surface area contributed by atoms with E-state index in [2.05, 4.69) is 0 Å². The Morgan fingerprint density at radius 3 is 2.25 bits per heavy atom. The molecule has 0 amide bonds. The number of rotatable bonds is 10. The van der Waals surface area contributed by atoms with Gasteiger partial charge in [0.05, 0.1) is 25.3 Å². The highest BCUT2D eigenvalue weighted by atomic mass is 35.5. The average Bonchev–Trinajstić information content (AvgIpc) is 2.56. The average molecular weight is 456 g/mol. The number of benzene rings is 1. The van der Waals surface area contributed by atoms with Gasteiger partial charge in [-0.05, 0) is 43.9 Å². The Balaban J connectivity index is 0.00000729. The van der Waals surface area contributed by atoms with Crippen LogP contribution in [0.2, 0.25) is 5.02 Å². The number of ether oxygens (including phenoxy) is 2. The second-order valence-corrected chi connectivity index (χ2v) is 6.98. The van der Waals surface area contributed by atoms with Crippen LogP contribution in [0.3, 0.4) is 0 Å². The van der Waals surface area contributed by atoms with Crippen molar-refractivity contribution in [1.82, 2.24) is 0 Å². The first-order chi connectivity index (χ1) is 12.3. The Labute approximate surface area is 171 Å². The molecule has 164 valence electrons. The maximum absolute atomic E-state index is 12.9. The molecule has 4 nitrogen and oxygen atoms in total. The first-order valence-corrected chi connectivity index (χ1v) is 8.54. The van der Waals surface area contributed by atoms with E-state index in [1.807, 2.05) is 0 Å². The first-order valence-electron chi connectivity index (χ1n) is 8.16. The van der Waals surface area contributed by atoms with E-state index in [0.29, 0.717) is 12.8 Å². The van der Waals surface area contributed by atoms with Gasteiger partial charge >= 0.3 is 12.1 Å². The summed E-state index contributed by atoms with van der Waals surface area (Å²) in [5.74, 6) is -4.48. The Morgan fingerprint density at radius 1 is 1.14 bits per heavy atom. The topological polar surface area (TPSA) is 64.7 Å². The summed E-state index contributed by atoms with van der Waals surface area (Å²) in [7, 11) is 1.35. The molecule has 11 heteroatoms. The van der Waals surface area contributed by atoms with E-state index in [4.69, 9.17) is 26.8 Å². The van der Waals surface area contributed by atoms with Crippen LogP contribution < -0.4 is 15.2 Å².